The molecule has 18 heavy (non-hydrogen) atoms. The zero-order chi connectivity index (χ0) is 13.4. The molecule has 0 heterocycles. The molecule has 0 saturated heterocycles. The highest BCUT2D eigenvalue weighted by molar-refractivity contribution is 8.46. The molecule has 1 N–H and O–H groups in total. The summed E-state index contributed by atoms with van der Waals surface area (Å²) in [5.74, 6) is 0.998. The summed E-state index contributed by atoms with van der Waals surface area (Å²) in [4.78, 5) is 10.7. The maximum atomic E-state index is 10.7. The van der Waals surface area contributed by atoms with E-state index in [1.807, 2.05) is 12.1 Å². The second-order valence-electron chi connectivity index (χ2n) is 3.74. The second-order valence-corrected chi connectivity index (χ2v) is 7.02. The van der Waals surface area contributed by atoms with Crippen molar-refractivity contribution in [1.29, 1.82) is 0 Å². The van der Waals surface area contributed by atoms with Crippen molar-refractivity contribution in [2.75, 3.05) is 5.75 Å². The molecular weight excluding hydrogens is 284 g/mol. The number of thioether (sulfide) groups is 2. The molecule has 0 aliphatic rings. The number of hydrogen-bond donors (Lipinski definition) is 1. The Bertz CT molecular complexity index is 401. The SMILES string of the molecule is CCCCSC(=S)SCc1ccc(C(=O)O)cc1. The Morgan fingerprint density at radius 1 is 1.28 bits per heavy atom. The molecule has 1 aromatic carbocycles. The monoisotopic (exact) mass is 300 g/mol. The molecule has 0 bridgehead atoms. The molecule has 0 unspecified atom stereocenters. The van der Waals surface area contributed by atoms with Crippen LogP contribution in [-0.4, -0.2) is 20.4 Å². The van der Waals surface area contributed by atoms with Gasteiger partial charge in [-0.25, -0.2) is 4.79 Å². The van der Waals surface area contributed by atoms with E-state index in [0.29, 0.717) is 5.56 Å². The van der Waals surface area contributed by atoms with Gasteiger partial charge in [-0.15, -0.1) is 23.5 Å². The molecule has 0 amide bonds. The average Bonchev–Trinajstić information content (AvgIpc) is 2.37. The highest BCUT2D eigenvalue weighted by Crippen LogP contribution is 2.22. The van der Waals surface area contributed by atoms with Gasteiger partial charge in [0, 0.05) is 5.75 Å². The fourth-order valence-electron chi connectivity index (χ4n) is 1.23. The summed E-state index contributed by atoms with van der Waals surface area (Å²) in [6, 6.07) is 6.95. The van der Waals surface area contributed by atoms with E-state index in [0.717, 1.165) is 20.6 Å². The van der Waals surface area contributed by atoms with E-state index in [4.69, 9.17) is 17.3 Å². The van der Waals surface area contributed by atoms with E-state index in [1.54, 1.807) is 35.7 Å². The van der Waals surface area contributed by atoms with Crippen molar-refractivity contribution in [3.63, 3.8) is 0 Å². The lowest BCUT2D eigenvalue weighted by molar-refractivity contribution is 0.0697. The van der Waals surface area contributed by atoms with Crippen LogP contribution in [0.15, 0.2) is 24.3 Å². The second kappa shape index (κ2) is 8.56. The zero-order valence-electron chi connectivity index (χ0n) is 10.2. The topological polar surface area (TPSA) is 37.3 Å². The normalized spacial score (nSPS) is 10.3. The first kappa shape index (κ1) is 15.5. The Balaban J connectivity index is 2.34. The van der Waals surface area contributed by atoms with E-state index in [2.05, 4.69) is 6.92 Å². The van der Waals surface area contributed by atoms with Crippen LogP contribution >= 0.6 is 35.7 Å². The fourth-order valence-corrected chi connectivity index (χ4v) is 3.49. The Hall–Kier alpha value is -0.520. The molecule has 0 spiro atoms. The minimum absolute atomic E-state index is 0.323. The fraction of sp³-hybridized carbons (Fsp3) is 0.385. The molecule has 5 heteroatoms. The van der Waals surface area contributed by atoms with Crippen molar-refractivity contribution in [2.45, 2.75) is 25.5 Å². The molecule has 0 radical (unpaired) electrons. The largest absolute Gasteiger partial charge is 0.478 e. The number of carbonyl (C=O) groups is 1. The van der Waals surface area contributed by atoms with Crippen LogP contribution < -0.4 is 0 Å². The number of aromatic carboxylic acids is 1. The van der Waals surface area contributed by atoms with Gasteiger partial charge >= 0.3 is 5.97 Å². The number of hydrogen-bond acceptors (Lipinski definition) is 4. The van der Waals surface area contributed by atoms with Gasteiger partial charge in [0.1, 0.15) is 3.53 Å². The van der Waals surface area contributed by atoms with E-state index >= 15 is 0 Å². The van der Waals surface area contributed by atoms with Gasteiger partial charge in [0.15, 0.2) is 0 Å². The molecule has 98 valence electrons. The summed E-state index contributed by atoms with van der Waals surface area (Å²) in [6.07, 6.45) is 2.38. The summed E-state index contributed by atoms with van der Waals surface area (Å²) >= 11 is 8.64. The maximum absolute atomic E-state index is 10.7. The van der Waals surface area contributed by atoms with Crippen LogP contribution in [0.4, 0.5) is 0 Å². The molecule has 0 aliphatic heterocycles. The van der Waals surface area contributed by atoms with Crippen molar-refractivity contribution in [3.8, 4) is 0 Å². The minimum Gasteiger partial charge on any atom is -0.478 e. The molecule has 0 aromatic heterocycles. The predicted octanol–water partition coefficient (Wildman–Crippen LogP) is 4.44. The Kier molecular flexibility index (Phi) is 7.39. The summed E-state index contributed by atoms with van der Waals surface area (Å²) in [7, 11) is 0. The summed E-state index contributed by atoms with van der Waals surface area (Å²) in [5, 5.41) is 8.78. The Morgan fingerprint density at radius 3 is 2.50 bits per heavy atom. The predicted molar refractivity (Wildman–Crippen MR) is 84.7 cm³/mol. The van der Waals surface area contributed by atoms with E-state index in [1.165, 1.54) is 12.8 Å². The number of thiocarbonyl (C=S) groups is 1. The summed E-state index contributed by atoms with van der Waals surface area (Å²) in [5.41, 5.74) is 1.42. The minimum atomic E-state index is -0.889. The highest BCUT2D eigenvalue weighted by Gasteiger charge is 2.03. The first-order valence-electron chi connectivity index (χ1n) is 5.75. The molecule has 0 atom stereocenters. The third-order valence-electron chi connectivity index (χ3n) is 2.28. The average molecular weight is 300 g/mol. The summed E-state index contributed by atoms with van der Waals surface area (Å²) in [6.45, 7) is 2.17. The molecule has 1 rings (SSSR count). The van der Waals surface area contributed by atoms with Crippen molar-refractivity contribution in [1.82, 2.24) is 0 Å². The van der Waals surface area contributed by atoms with Crippen LogP contribution in [0.5, 0.6) is 0 Å². The van der Waals surface area contributed by atoms with E-state index in [-0.39, 0.29) is 0 Å². The van der Waals surface area contributed by atoms with Gasteiger partial charge in [0.05, 0.1) is 5.56 Å². The molecule has 1 aromatic rings. The Morgan fingerprint density at radius 2 is 1.94 bits per heavy atom. The van der Waals surface area contributed by atoms with Crippen molar-refractivity contribution in [2.24, 2.45) is 0 Å². The van der Waals surface area contributed by atoms with Crippen molar-refractivity contribution < 1.29 is 9.90 Å². The first-order chi connectivity index (χ1) is 8.63. The van der Waals surface area contributed by atoms with Gasteiger partial charge in [-0.2, -0.15) is 0 Å². The molecular formula is C13H16O2S3. The number of unbranched alkanes of at least 4 members (excludes halogenated alkanes) is 1. The molecule has 0 saturated carbocycles. The van der Waals surface area contributed by atoms with Crippen LogP contribution in [0.1, 0.15) is 35.7 Å². The Labute approximate surface area is 122 Å². The van der Waals surface area contributed by atoms with E-state index in [9.17, 15) is 4.79 Å². The lowest BCUT2D eigenvalue weighted by atomic mass is 10.1. The van der Waals surface area contributed by atoms with Gasteiger partial charge in [-0.05, 0) is 29.9 Å². The van der Waals surface area contributed by atoms with Crippen LogP contribution in [0.25, 0.3) is 0 Å². The summed E-state index contributed by atoms with van der Waals surface area (Å²) < 4.78 is 0.964. The van der Waals surface area contributed by atoms with Gasteiger partial charge in [-0.3, -0.25) is 0 Å². The number of rotatable bonds is 6. The first-order valence-corrected chi connectivity index (χ1v) is 8.13. The van der Waals surface area contributed by atoms with Gasteiger partial charge < -0.3 is 5.11 Å². The van der Waals surface area contributed by atoms with Crippen molar-refractivity contribution >= 4 is 45.2 Å². The third-order valence-corrected chi connectivity index (χ3v) is 5.13. The van der Waals surface area contributed by atoms with E-state index < -0.39 is 5.97 Å². The van der Waals surface area contributed by atoms with Crippen LogP contribution in [-0.2, 0) is 5.75 Å². The molecule has 0 aliphatic carbocycles. The highest BCUT2D eigenvalue weighted by atomic mass is 32.2. The third kappa shape index (κ3) is 5.89. The lowest BCUT2D eigenvalue weighted by Gasteiger charge is -2.03. The zero-order valence-corrected chi connectivity index (χ0v) is 12.7. The van der Waals surface area contributed by atoms with Crippen LogP contribution in [0.3, 0.4) is 0 Å². The number of carboxylic acid groups (broad SMARTS) is 1. The standard InChI is InChI=1S/C13H16O2S3/c1-2-3-8-17-13(16)18-9-10-4-6-11(7-5-10)12(14)15/h4-7H,2-3,8-9H2,1H3,(H,14,15). The van der Waals surface area contributed by atoms with Crippen LogP contribution in [0.2, 0.25) is 0 Å². The van der Waals surface area contributed by atoms with Crippen LogP contribution in [0, 0.1) is 0 Å². The van der Waals surface area contributed by atoms with Gasteiger partial charge in [-0.1, -0.05) is 37.7 Å². The smallest absolute Gasteiger partial charge is 0.335 e. The number of carboxylic acids is 1. The maximum Gasteiger partial charge on any atom is 0.335 e. The molecule has 0 fully saturated rings. The van der Waals surface area contributed by atoms with Crippen molar-refractivity contribution in [3.05, 3.63) is 35.4 Å². The van der Waals surface area contributed by atoms with Gasteiger partial charge in [0.25, 0.3) is 0 Å². The lowest BCUT2D eigenvalue weighted by Crippen LogP contribution is -1.95. The van der Waals surface area contributed by atoms with Gasteiger partial charge in [0.2, 0.25) is 0 Å². The molecule has 2 nitrogen and oxygen atoms in total. The quantitative estimate of drug-likeness (QED) is 0.621. The number of benzene rings is 1.